The molecule has 1 aromatic heterocycles. The number of aromatic nitrogens is 2. The van der Waals surface area contributed by atoms with Crippen molar-refractivity contribution in [2.45, 2.75) is 0 Å². The van der Waals surface area contributed by atoms with E-state index in [1.165, 1.54) is 4.57 Å². The molecular formula is C17H14N2O2. The van der Waals surface area contributed by atoms with Crippen LogP contribution in [0.15, 0.2) is 72.0 Å². The van der Waals surface area contributed by atoms with Gasteiger partial charge in [-0.05, 0) is 24.3 Å². The molecule has 0 amide bonds. The first-order valence-electron chi connectivity index (χ1n) is 6.62. The van der Waals surface area contributed by atoms with Crippen molar-refractivity contribution in [1.82, 2.24) is 9.55 Å². The topological polar surface area (TPSA) is 44.1 Å². The summed E-state index contributed by atoms with van der Waals surface area (Å²) in [5.74, 6) is 0. The number of hydrogen-bond acceptors (Lipinski definition) is 3. The second-order valence-electron chi connectivity index (χ2n) is 4.49. The van der Waals surface area contributed by atoms with Gasteiger partial charge in [0.15, 0.2) is 0 Å². The summed E-state index contributed by atoms with van der Waals surface area (Å²) in [6, 6.07) is 16.8. The van der Waals surface area contributed by atoms with E-state index >= 15 is 0 Å². The third-order valence-corrected chi connectivity index (χ3v) is 3.09. The number of hydrogen-bond donors (Lipinski definition) is 0. The molecule has 0 aliphatic carbocycles. The molecule has 0 spiro atoms. The zero-order valence-electron chi connectivity index (χ0n) is 11.4. The van der Waals surface area contributed by atoms with Crippen molar-refractivity contribution < 1.29 is 4.74 Å². The Morgan fingerprint density at radius 2 is 1.81 bits per heavy atom. The molecule has 0 bridgehead atoms. The van der Waals surface area contributed by atoms with Gasteiger partial charge >= 0.3 is 6.01 Å². The normalized spacial score (nSPS) is 10.5. The summed E-state index contributed by atoms with van der Waals surface area (Å²) in [5, 5.41) is 0.562. The van der Waals surface area contributed by atoms with Crippen LogP contribution in [0.4, 0.5) is 0 Å². The van der Waals surface area contributed by atoms with Gasteiger partial charge in [0.1, 0.15) is 6.61 Å². The van der Waals surface area contributed by atoms with E-state index in [1.807, 2.05) is 42.5 Å². The minimum Gasteiger partial charge on any atom is -0.460 e. The molecule has 0 unspecified atom stereocenters. The first kappa shape index (κ1) is 13.1. The van der Waals surface area contributed by atoms with Crippen LogP contribution in [0.2, 0.25) is 0 Å². The molecule has 1 heterocycles. The number of para-hydroxylation sites is 2. The molecule has 0 saturated heterocycles. The molecule has 2 aromatic carbocycles. The average molecular weight is 278 g/mol. The maximum absolute atomic E-state index is 12.7. The Bertz CT molecular complexity index is 838. The summed E-state index contributed by atoms with van der Waals surface area (Å²) < 4.78 is 7.04. The van der Waals surface area contributed by atoms with Crippen LogP contribution >= 0.6 is 0 Å². The fraction of sp³-hybridized carbons (Fsp3) is 0.0588. The molecule has 0 aliphatic rings. The molecule has 3 aromatic rings. The van der Waals surface area contributed by atoms with Gasteiger partial charge in [0.25, 0.3) is 5.56 Å². The largest absolute Gasteiger partial charge is 0.460 e. The summed E-state index contributed by atoms with van der Waals surface area (Å²) in [5.41, 5.74) is 1.19. The highest BCUT2D eigenvalue weighted by Crippen LogP contribution is 2.17. The average Bonchev–Trinajstić information content (AvgIpc) is 2.54. The number of benzene rings is 2. The molecular weight excluding hydrogens is 264 g/mol. The van der Waals surface area contributed by atoms with E-state index in [0.29, 0.717) is 10.9 Å². The molecule has 4 heteroatoms. The van der Waals surface area contributed by atoms with E-state index in [0.717, 1.165) is 5.69 Å². The highest BCUT2D eigenvalue weighted by Gasteiger charge is 2.13. The molecule has 3 rings (SSSR count). The predicted molar refractivity (Wildman–Crippen MR) is 83.0 cm³/mol. The van der Waals surface area contributed by atoms with Gasteiger partial charge in [-0.3, -0.25) is 4.79 Å². The van der Waals surface area contributed by atoms with Crippen LogP contribution in [0.5, 0.6) is 6.01 Å². The smallest absolute Gasteiger partial charge is 0.304 e. The van der Waals surface area contributed by atoms with E-state index in [9.17, 15) is 4.79 Å². The fourth-order valence-corrected chi connectivity index (χ4v) is 2.15. The van der Waals surface area contributed by atoms with Crippen molar-refractivity contribution in [3.63, 3.8) is 0 Å². The second kappa shape index (κ2) is 5.63. The van der Waals surface area contributed by atoms with Crippen LogP contribution in [0.25, 0.3) is 16.6 Å². The maximum atomic E-state index is 12.7. The van der Waals surface area contributed by atoms with E-state index in [1.54, 1.807) is 18.2 Å². The SMILES string of the molecule is C=CCOc1nc2ccccc2c(=O)n1-c1ccccc1. The van der Waals surface area contributed by atoms with Crippen LogP contribution in [-0.4, -0.2) is 16.2 Å². The van der Waals surface area contributed by atoms with Crippen molar-refractivity contribution in [3.8, 4) is 11.7 Å². The Labute approximate surface area is 121 Å². The van der Waals surface area contributed by atoms with E-state index < -0.39 is 0 Å². The maximum Gasteiger partial charge on any atom is 0.304 e. The second-order valence-corrected chi connectivity index (χ2v) is 4.49. The zero-order chi connectivity index (χ0) is 14.7. The molecule has 0 radical (unpaired) electrons. The monoisotopic (exact) mass is 278 g/mol. The van der Waals surface area contributed by atoms with Gasteiger partial charge in [0, 0.05) is 0 Å². The summed E-state index contributed by atoms with van der Waals surface area (Å²) in [6.45, 7) is 3.91. The van der Waals surface area contributed by atoms with Crippen LogP contribution in [-0.2, 0) is 0 Å². The van der Waals surface area contributed by atoms with Gasteiger partial charge < -0.3 is 4.74 Å². The number of ether oxygens (including phenoxy) is 1. The molecule has 104 valence electrons. The zero-order valence-corrected chi connectivity index (χ0v) is 11.4. The van der Waals surface area contributed by atoms with Crippen molar-refractivity contribution in [2.24, 2.45) is 0 Å². The Kier molecular flexibility index (Phi) is 3.51. The van der Waals surface area contributed by atoms with Crippen molar-refractivity contribution in [1.29, 1.82) is 0 Å². The summed E-state index contributed by atoms with van der Waals surface area (Å²) in [6.07, 6.45) is 1.62. The minimum absolute atomic E-state index is 0.147. The summed E-state index contributed by atoms with van der Waals surface area (Å²) in [4.78, 5) is 17.2. The lowest BCUT2D eigenvalue weighted by Gasteiger charge is -2.13. The minimum atomic E-state index is -0.147. The molecule has 0 saturated carbocycles. The van der Waals surface area contributed by atoms with E-state index in [-0.39, 0.29) is 18.2 Å². The lowest BCUT2D eigenvalue weighted by Crippen LogP contribution is -2.22. The van der Waals surface area contributed by atoms with Gasteiger partial charge in [0.05, 0.1) is 16.6 Å². The molecule has 4 nitrogen and oxygen atoms in total. The summed E-state index contributed by atoms with van der Waals surface area (Å²) >= 11 is 0. The first-order valence-corrected chi connectivity index (χ1v) is 6.62. The number of rotatable bonds is 4. The molecule has 21 heavy (non-hydrogen) atoms. The lowest BCUT2D eigenvalue weighted by molar-refractivity contribution is 0.323. The Balaban J connectivity index is 2.31. The Morgan fingerprint density at radius 3 is 2.57 bits per heavy atom. The quantitative estimate of drug-likeness (QED) is 0.689. The predicted octanol–water partition coefficient (Wildman–Crippen LogP) is 2.95. The van der Waals surface area contributed by atoms with Crippen LogP contribution in [0.1, 0.15) is 0 Å². The Hall–Kier alpha value is -2.88. The van der Waals surface area contributed by atoms with Gasteiger partial charge in [0.2, 0.25) is 0 Å². The highest BCUT2D eigenvalue weighted by atomic mass is 16.5. The summed E-state index contributed by atoms with van der Waals surface area (Å²) in [7, 11) is 0. The third kappa shape index (κ3) is 2.43. The van der Waals surface area contributed by atoms with Crippen LogP contribution in [0.3, 0.4) is 0 Å². The van der Waals surface area contributed by atoms with Crippen LogP contribution in [0, 0.1) is 0 Å². The van der Waals surface area contributed by atoms with E-state index in [2.05, 4.69) is 11.6 Å². The van der Waals surface area contributed by atoms with Gasteiger partial charge in [-0.15, -0.1) is 0 Å². The molecule has 0 fully saturated rings. The standard InChI is InChI=1S/C17H14N2O2/c1-2-12-21-17-18-15-11-7-6-10-14(15)16(20)19(17)13-8-4-3-5-9-13/h2-11H,1,12H2. The first-order chi connectivity index (χ1) is 10.3. The number of fused-ring (bicyclic) bond motifs is 1. The lowest BCUT2D eigenvalue weighted by atomic mass is 10.2. The van der Waals surface area contributed by atoms with Gasteiger partial charge in [-0.25, -0.2) is 4.57 Å². The van der Waals surface area contributed by atoms with Crippen LogP contribution < -0.4 is 10.3 Å². The third-order valence-electron chi connectivity index (χ3n) is 3.09. The molecule has 0 N–H and O–H groups in total. The molecule has 0 atom stereocenters. The Morgan fingerprint density at radius 1 is 1.10 bits per heavy atom. The molecule has 0 aliphatic heterocycles. The van der Waals surface area contributed by atoms with Gasteiger partial charge in [-0.2, -0.15) is 4.98 Å². The van der Waals surface area contributed by atoms with Crippen molar-refractivity contribution >= 4 is 10.9 Å². The number of nitrogens with zero attached hydrogens (tertiary/aromatic N) is 2. The van der Waals surface area contributed by atoms with E-state index in [4.69, 9.17) is 4.74 Å². The van der Waals surface area contributed by atoms with Crippen molar-refractivity contribution in [3.05, 3.63) is 77.6 Å². The fourth-order valence-electron chi connectivity index (χ4n) is 2.15. The van der Waals surface area contributed by atoms with Crippen molar-refractivity contribution in [2.75, 3.05) is 6.61 Å². The van der Waals surface area contributed by atoms with Gasteiger partial charge in [-0.1, -0.05) is 43.0 Å². The highest BCUT2D eigenvalue weighted by molar-refractivity contribution is 5.78.